The van der Waals surface area contributed by atoms with Gasteiger partial charge in [-0.25, -0.2) is 0 Å². The van der Waals surface area contributed by atoms with Gasteiger partial charge in [0.05, 0.1) is 0 Å². The summed E-state index contributed by atoms with van der Waals surface area (Å²) in [6.07, 6.45) is 6.68. The molecule has 0 heterocycles. The summed E-state index contributed by atoms with van der Waals surface area (Å²) in [4.78, 5) is 2.68. The summed E-state index contributed by atoms with van der Waals surface area (Å²) in [7, 11) is 2.36. The van der Waals surface area contributed by atoms with E-state index < -0.39 is 0 Å². The van der Waals surface area contributed by atoms with Crippen LogP contribution in [0.5, 0.6) is 0 Å². The average molecular weight is 268 g/mol. The van der Waals surface area contributed by atoms with E-state index in [0.717, 1.165) is 30.5 Å². The van der Waals surface area contributed by atoms with Crippen molar-refractivity contribution >= 4 is 0 Å². The molecule has 0 bridgehead atoms. The van der Waals surface area contributed by atoms with Gasteiger partial charge in [0, 0.05) is 18.1 Å². The second kappa shape index (κ2) is 8.26. The van der Waals surface area contributed by atoms with Crippen molar-refractivity contribution in [2.24, 2.45) is 11.8 Å². The van der Waals surface area contributed by atoms with Crippen LogP contribution in [0.4, 0.5) is 0 Å². The minimum atomic E-state index is 0.700. The van der Waals surface area contributed by atoms with Crippen LogP contribution in [0, 0.1) is 11.8 Å². The summed E-state index contributed by atoms with van der Waals surface area (Å²) in [5, 5.41) is 3.74. The van der Waals surface area contributed by atoms with E-state index in [1.807, 2.05) is 0 Å². The minimum absolute atomic E-state index is 0.700. The van der Waals surface area contributed by atoms with Crippen LogP contribution in [0.15, 0.2) is 0 Å². The predicted molar refractivity (Wildman–Crippen MR) is 85.6 cm³/mol. The van der Waals surface area contributed by atoms with Crippen molar-refractivity contribution in [1.82, 2.24) is 10.2 Å². The lowest BCUT2D eigenvalue weighted by Gasteiger charge is -2.45. The summed E-state index contributed by atoms with van der Waals surface area (Å²) in [6, 6.07) is 2.17. The van der Waals surface area contributed by atoms with Crippen molar-refractivity contribution in [2.45, 2.75) is 84.8 Å². The highest BCUT2D eigenvalue weighted by Gasteiger charge is 2.35. The Balaban J connectivity index is 2.75. The molecular formula is C17H36N2. The summed E-state index contributed by atoms with van der Waals surface area (Å²) >= 11 is 0. The fourth-order valence-corrected chi connectivity index (χ4v) is 3.87. The van der Waals surface area contributed by atoms with Gasteiger partial charge in [-0.1, -0.05) is 34.6 Å². The fourth-order valence-electron chi connectivity index (χ4n) is 3.87. The minimum Gasteiger partial charge on any atom is -0.313 e. The smallest absolute Gasteiger partial charge is 0.0251 e. The van der Waals surface area contributed by atoms with Crippen LogP contribution in [0.25, 0.3) is 0 Å². The molecule has 0 spiro atoms. The summed E-state index contributed by atoms with van der Waals surface area (Å²) in [5.74, 6) is 1.75. The Kier molecular flexibility index (Phi) is 7.38. The molecule has 0 aliphatic heterocycles. The number of hydrogen-bond acceptors (Lipinski definition) is 2. The Bertz CT molecular complexity index is 235. The van der Waals surface area contributed by atoms with E-state index in [-0.39, 0.29) is 0 Å². The van der Waals surface area contributed by atoms with E-state index in [4.69, 9.17) is 0 Å². The van der Waals surface area contributed by atoms with Gasteiger partial charge < -0.3 is 5.32 Å². The van der Waals surface area contributed by atoms with Gasteiger partial charge in [-0.2, -0.15) is 0 Å². The highest BCUT2D eigenvalue weighted by atomic mass is 15.2. The molecular weight excluding hydrogens is 232 g/mol. The molecule has 1 aliphatic carbocycles. The van der Waals surface area contributed by atoms with Gasteiger partial charge in [0.1, 0.15) is 0 Å². The van der Waals surface area contributed by atoms with Gasteiger partial charge in [-0.15, -0.1) is 0 Å². The number of hydrogen-bond donors (Lipinski definition) is 1. The van der Waals surface area contributed by atoms with E-state index in [1.54, 1.807) is 0 Å². The highest BCUT2D eigenvalue weighted by molar-refractivity contribution is 4.92. The molecule has 0 aromatic heterocycles. The number of nitrogens with one attached hydrogen (secondary N) is 1. The zero-order chi connectivity index (χ0) is 14.4. The lowest BCUT2D eigenvalue weighted by Crippen LogP contribution is -2.55. The zero-order valence-electron chi connectivity index (χ0n) is 14.1. The Labute approximate surface area is 121 Å². The molecule has 3 unspecified atom stereocenters. The molecule has 1 saturated carbocycles. The van der Waals surface area contributed by atoms with E-state index in [0.29, 0.717) is 6.04 Å². The van der Waals surface area contributed by atoms with Crippen LogP contribution in [0.2, 0.25) is 0 Å². The van der Waals surface area contributed by atoms with Crippen molar-refractivity contribution in [3.8, 4) is 0 Å². The summed E-state index contributed by atoms with van der Waals surface area (Å²) < 4.78 is 0. The molecule has 0 saturated heterocycles. The molecule has 0 amide bonds. The van der Waals surface area contributed by atoms with Gasteiger partial charge in [0.15, 0.2) is 0 Å². The SMILES string of the molecule is CCNC1CCC(C(C)C)CC1N(C)C(CC)CC. The van der Waals surface area contributed by atoms with Gasteiger partial charge in [0.2, 0.25) is 0 Å². The monoisotopic (exact) mass is 268 g/mol. The largest absolute Gasteiger partial charge is 0.313 e. The average Bonchev–Trinajstić information content (AvgIpc) is 2.40. The Hall–Kier alpha value is -0.0800. The fraction of sp³-hybridized carbons (Fsp3) is 1.00. The van der Waals surface area contributed by atoms with Crippen molar-refractivity contribution < 1.29 is 0 Å². The molecule has 1 fully saturated rings. The van der Waals surface area contributed by atoms with Gasteiger partial charge in [-0.3, -0.25) is 4.90 Å². The molecule has 1 N–H and O–H groups in total. The topological polar surface area (TPSA) is 15.3 Å². The van der Waals surface area contributed by atoms with Crippen LogP contribution >= 0.6 is 0 Å². The van der Waals surface area contributed by atoms with Crippen LogP contribution in [-0.4, -0.2) is 36.6 Å². The third-order valence-electron chi connectivity index (χ3n) is 5.31. The first-order valence-corrected chi connectivity index (χ1v) is 8.50. The first-order valence-electron chi connectivity index (χ1n) is 8.50. The molecule has 1 aliphatic rings. The lowest BCUT2D eigenvalue weighted by molar-refractivity contribution is 0.0687. The normalized spacial score (nSPS) is 28.6. The predicted octanol–water partition coefficient (Wildman–Crippen LogP) is 3.91. The van der Waals surface area contributed by atoms with Gasteiger partial charge >= 0.3 is 0 Å². The summed E-state index contributed by atoms with van der Waals surface area (Å²) in [5.41, 5.74) is 0. The quantitative estimate of drug-likeness (QED) is 0.753. The zero-order valence-corrected chi connectivity index (χ0v) is 14.1. The Morgan fingerprint density at radius 2 is 1.74 bits per heavy atom. The number of rotatable bonds is 7. The maximum Gasteiger partial charge on any atom is 0.0251 e. The highest BCUT2D eigenvalue weighted by Crippen LogP contribution is 2.33. The third-order valence-corrected chi connectivity index (χ3v) is 5.31. The molecule has 2 heteroatoms. The van der Waals surface area contributed by atoms with Gasteiger partial charge in [-0.05, 0) is 57.5 Å². The van der Waals surface area contributed by atoms with Gasteiger partial charge in [0.25, 0.3) is 0 Å². The number of likely N-dealkylation sites (N-methyl/N-ethyl adjacent to an activating group) is 2. The Morgan fingerprint density at radius 3 is 2.21 bits per heavy atom. The molecule has 0 aromatic rings. The third kappa shape index (κ3) is 4.46. The first-order chi connectivity index (χ1) is 9.04. The molecule has 0 aromatic carbocycles. The molecule has 19 heavy (non-hydrogen) atoms. The van der Waals surface area contributed by atoms with E-state index in [1.165, 1.54) is 32.1 Å². The maximum atomic E-state index is 3.74. The van der Waals surface area contributed by atoms with E-state index in [9.17, 15) is 0 Å². The Morgan fingerprint density at radius 1 is 1.11 bits per heavy atom. The summed E-state index contributed by atoms with van der Waals surface area (Å²) in [6.45, 7) is 12.8. The van der Waals surface area contributed by atoms with Crippen molar-refractivity contribution in [1.29, 1.82) is 0 Å². The van der Waals surface area contributed by atoms with E-state index >= 15 is 0 Å². The molecule has 0 radical (unpaired) electrons. The van der Waals surface area contributed by atoms with Crippen LogP contribution in [-0.2, 0) is 0 Å². The lowest BCUT2D eigenvalue weighted by atomic mass is 9.76. The molecule has 2 nitrogen and oxygen atoms in total. The van der Waals surface area contributed by atoms with Crippen LogP contribution < -0.4 is 5.32 Å². The second-order valence-electron chi connectivity index (χ2n) is 6.68. The first kappa shape index (κ1) is 17.0. The molecule has 114 valence electrons. The maximum absolute atomic E-state index is 3.74. The second-order valence-corrected chi connectivity index (χ2v) is 6.68. The number of nitrogens with zero attached hydrogens (tertiary/aromatic N) is 1. The van der Waals surface area contributed by atoms with Crippen molar-refractivity contribution in [3.05, 3.63) is 0 Å². The van der Waals surface area contributed by atoms with Crippen molar-refractivity contribution in [2.75, 3.05) is 13.6 Å². The van der Waals surface area contributed by atoms with Crippen molar-refractivity contribution in [3.63, 3.8) is 0 Å². The molecule has 3 atom stereocenters. The van der Waals surface area contributed by atoms with E-state index in [2.05, 4.69) is 51.9 Å². The van der Waals surface area contributed by atoms with Crippen LogP contribution in [0.3, 0.4) is 0 Å². The molecule has 1 rings (SSSR count). The van der Waals surface area contributed by atoms with Crippen LogP contribution in [0.1, 0.15) is 66.7 Å². The standard InChI is InChI=1S/C17H36N2/c1-7-15(8-2)19(6)17-12-14(13(4)5)10-11-16(17)18-9-3/h13-18H,7-12H2,1-6H3.